The van der Waals surface area contributed by atoms with Crippen molar-refractivity contribution in [2.45, 2.75) is 13.0 Å². The normalized spacial score (nSPS) is 10.3. The van der Waals surface area contributed by atoms with Gasteiger partial charge in [0.05, 0.1) is 6.42 Å². The highest BCUT2D eigenvalue weighted by molar-refractivity contribution is 6.30. The minimum Gasteiger partial charge on any atom is -0.384 e. The molecular formula is C19H15ClN4O3. The first-order valence-electron chi connectivity index (χ1n) is 8.05. The zero-order valence-corrected chi connectivity index (χ0v) is 14.9. The summed E-state index contributed by atoms with van der Waals surface area (Å²) in [5.74, 6) is 4.89. The van der Waals surface area contributed by atoms with Gasteiger partial charge in [0.15, 0.2) is 5.65 Å². The molecule has 0 saturated heterocycles. The molecule has 3 rings (SSSR count). The first kappa shape index (κ1) is 18.6. The molecular weight excluding hydrogens is 368 g/mol. The predicted molar refractivity (Wildman–Crippen MR) is 100 cm³/mol. The number of aliphatic hydroxyl groups is 1. The van der Waals surface area contributed by atoms with Gasteiger partial charge in [-0.2, -0.15) is 0 Å². The van der Waals surface area contributed by atoms with Crippen LogP contribution in [0.3, 0.4) is 0 Å². The highest BCUT2D eigenvalue weighted by Gasteiger charge is 2.12. The average Bonchev–Trinajstić information content (AvgIpc) is 2.68. The van der Waals surface area contributed by atoms with Crippen molar-refractivity contribution in [3.05, 3.63) is 74.8 Å². The van der Waals surface area contributed by atoms with Gasteiger partial charge in [0.2, 0.25) is 5.91 Å². The Hall–Kier alpha value is -3.21. The molecule has 2 aromatic heterocycles. The van der Waals surface area contributed by atoms with E-state index in [2.05, 4.69) is 27.4 Å². The van der Waals surface area contributed by atoms with Crippen LogP contribution in [-0.4, -0.2) is 32.2 Å². The van der Waals surface area contributed by atoms with E-state index in [0.717, 1.165) is 5.56 Å². The standard InChI is InChI=1S/C19H15ClN4O3/c20-15-6-3-13(4-7-15)11-21-18(26)10-16-19(27)24-12-14(2-1-9-25)5-8-17(24)23-22-16/h3-8,12,25H,9-11H2,(H,21,26). The maximum Gasteiger partial charge on any atom is 0.280 e. The van der Waals surface area contributed by atoms with Crippen molar-refractivity contribution in [3.63, 3.8) is 0 Å². The summed E-state index contributed by atoms with van der Waals surface area (Å²) in [4.78, 5) is 24.7. The molecule has 0 bridgehead atoms. The lowest BCUT2D eigenvalue weighted by molar-refractivity contribution is -0.120. The summed E-state index contributed by atoms with van der Waals surface area (Å²) in [6.07, 6.45) is 1.32. The molecule has 0 fully saturated rings. The molecule has 0 radical (unpaired) electrons. The van der Waals surface area contributed by atoms with Crippen LogP contribution in [0.4, 0.5) is 0 Å². The van der Waals surface area contributed by atoms with Crippen molar-refractivity contribution in [2.75, 3.05) is 6.61 Å². The number of aliphatic hydroxyl groups excluding tert-OH is 1. The van der Waals surface area contributed by atoms with Crippen LogP contribution in [-0.2, 0) is 17.8 Å². The Balaban J connectivity index is 1.75. The number of rotatable bonds is 4. The van der Waals surface area contributed by atoms with Crippen LogP contribution < -0.4 is 10.9 Å². The third kappa shape index (κ3) is 4.70. The summed E-state index contributed by atoms with van der Waals surface area (Å²) < 4.78 is 1.29. The SMILES string of the molecule is O=C(Cc1nnc2ccc(C#CCO)cn2c1=O)NCc1ccc(Cl)cc1. The van der Waals surface area contributed by atoms with Crippen LogP contribution in [0.5, 0.6) is 0 Å². The Morgan fingerprint density at radius 1 is 1.19 bits per heavy atom. The van der Waals surface area contributed by atoms with Gasteiger partial charge < -0.3 is 10.4 Å². The Kier molecular flexibility index (Phi) is 5.81. The lowest BCUT2D eigenvalue weighted by Gasteiger charge is -2.06. The molecule has 7 nitrogen and oxygen atoms in total. The van der Waals surface area contributed by atoms with Gasteiger partial charge in [-0.1, -0.05) is 35.6 Å². The second-order valence-electron chi connectivity index (χ2n) is 5.64. The Bertz CT molecular complexity index is 1100. The number of aromatic nitrogens is 3. The van der Waals surface area contributed by atoms with Crippen molar-refractivity contribution < 1.29 is 9.90 Å². The molecule has 0 unspecified atom stereocenters. The smallest absolute Gasteiger partial charge is 0.280 e. The van der Waals surface area contributed by atoms with Crippen LogP contribution in [0.1, 0.15) is 16.8 Å². The molecule has 136 valence electrons. The number of carbonyl (C=O) groups is 1. The summed E-state index contributed by atoms with van der Waals surface area (Å²) in [7, 11) is 0. The van der Waals surface area contributed by atoms with Crippen LogP contribution in [0, 0.1) is 11.8 Å². The van der Waals surface area contributed by atoms with E-state index < -0.39 is 5.56 Å². The summed E-state index contributed by atoms with van der Waals surface area (Å²) in [6.45, 7) is 0.0415. The monoisotopic (exact) mass is 382 g/mol. The van der Waals surface area contributed by atoms with E-state index >= 15 is 0 Å². The number of halogens is 1. The molecule has 3 aromatic rings. The van der Waals surface area contributed by atoms with Crippen molar-refractivity contribution in [3.8, 4) is 11.8 Å². The van der Waals surface area contributed by atoms with Gasteiger partial charge in [-0.15, -0.1) is 10.2 Å². The van der Waals surface area contributed by atoms with Crippen molar-refractivity contribution in [1.29, 1.82) is 0 Å². The van der Waals surface area contributed by atoms with E-state index in [1.807, 2.05) is 12.1 Å². The average molecular weight is 383 g/mol. The number of pyridine rings is 1. The second kappa shape index (κ2) is 8.45. The number of hydrogen-bond donors (Lipinski definition) is 2. The van der Waals surface area contributed by atoms with Gasteiger partial charge in [-0.05, 0) is 29.8 Å². The molecule has 0 saturated carbocycles. The third-order valence-electron chi connectivity index (χ3n) is 3.71. The number of hydrogen-bond acceptors (Lipinski definition) is 5. The van der Waals surface area contributed by atoms with E-state index in [-0.39, 0.29) is 24.6 Å². The molecule has 1 aromatic carbocycles. The van der Waals surface area contributed by atoms with Crippen molar-refractivity contribution >= 4 is 23.2 Å². The maximum absolute atomic E-state index is 12.6. The van der Waals surface area contributed by atoms with E-state index in [1.165, 1.54) is 10.6 Å². The molecule has 0 aliphatic carbocycles. The summed E-state index contributed by atoms with van der Waals surface area (Å²) in [5, 5.41) is 20.0. The quantitative estimate of drug-likeness (QED) is 0.655. The minimum atomic E-state index is -0.436. The molecule has 0 atom stereocenters. The van der Waals surface area contributed by atoms with Gasteiger partial charge in [0.1, 0.15) is 12.3 Å². The van der Waals surface area contributed by atoms with Crippen molar-refractivity contribution in [1.82, 2.24) is 19.9 Å². The Labute approximate surface area is 159 Å². The zero-order valence-electron chi connectivity index (χ0n) is 14.1. The van der Waals surface area contributed by atoms with Crippen LogP contribution in [0.2, 0.25) is 5.02 Å². The molecule has 0 aliphatic rings. The Morgan fingerprint density at radius 2 is 1.96 bits per heavy atom. The fraction of sp³-hybridized carbons (Fsp3) is 0.158. The first-order chi connectivity index (χ1) is 13.1. The van der Waals surface area contributed by atoms with Crippen molar-refractivity contribution in [2.24, 2.45) is 0 Å². The predicted octanol–water partition coefficient (Wildman–Crippen LogP) is 0.946. The third-order valence-corrected chi connectivity index (χ3v) is 3.96. The topological polar surface area (TPSA) is 96.6 Å². The van der Waals surface area contributed by atoms with E-state index in [9.17, 15) is 9.59 Å². The second-order valence-corrected chi connectivity index (χ2v) is 6.07. The highest BCUT2D eigenvalue weighted by atomic mass is 35.5. The number of nitrogens with one attached hydrogen (secondary N) is 1. The molecule has 2 heterocycles. The number of nitrogens with zero attached hydrogens (tertiary/aromatic N) is 3. The Morgan fingerprint density at radius 3 is 2.70 bits per heavy atom. The lowest BCUT2D eigenvalue weighted by Crippen LogP contribution is -2.30. The fourth-order valence-corrected chi connectivity index (χ4v) is 2.50. The first-order valence-corrected chi connectivity index (χ1v) is 8.43. The number of amides is 1. The number of fused-ring (bicyclic) bond motifs is 1. The van der Waals surface area contributed by atoms with E-state index in [0.29, 0.717) is 22.8 Å². The van der Waals surface area contributed by atoms with Gasteiger partial charge in [-0.25, -0.2) is 0 Å². The number of carbonyl (C=O) groups excluding carboxylic acids is 1. The molecule has 0 aliphatic heterocycles. The largest absolute Gasteiger partial charge is 0.384 e. The number of benzene rings is 1. The molecule has 8 heteroatoms. The van der Waals surface area contributed by atoms with Crippen LogP contribution in [0.25, 0.3) is 5.65 Å². The lowest BCUT2D eigenvalue weighted by atomic mass is 10.2. The van der Waals surface area contributed by atoms with E-state index in [4.69, 9.17) is 16.7 Å². The summed E-state index contributed by atoms with van der Waals surface area (Å²) in [5.41, 5.74) is 1.38. The van der Waals surface area contributed by atoms with Crippen LogP contribution >= 0.6 is 11.6 Å². The van der Waals surface area contributed by atoms with Gasteiger partial charge in [-0.3, -0.25) is 14.0 Å². The van der Waals surface area contributed by atoms with Gasteiger partial charge in [0, 0.05) is 23.3 Å². The van der Waals surface area contributed by atoms with E-state index in [1.54, 1.807) is 24.3 Å². The molecule has 27 heavy (non-hydrogen) atoms. The maximum atomic E-state index is 12.6. The zero-order chi connectivity index (χ0) is 19.2. The fourth-order valence-electron chi connectivity index (χ4n) is 2.37. The molecule has 0 spiro atoms. The summed E-state index contributed by atoms with van der Waals surface area (Å²) in [6, 6.07) is 10.4. The van der Waals surface area contributed by atoms with Gasteiger partial charge >= 0.3 is 0 Å². The minimum absolute atomic E-state index is 0.0355. The van der Waals surface area contributed by atoms with Gasteiger partial charge in [0.25, 0.3) is 5.56 Å². The summed E-state index contributed by atoms with van der Waals surface area (Å²) >= 11 is 5.83. The molecule has 1 amide bonds. The molecule has 2 N–H and O–H groups in total. The highest BCUT2D eigenvalue weighted by Crippen LogP contribution is 2.09. The van der Waals surface area contributed by atoms with Crippen LogP contribution in [0.15, 0.2) is 47.4 Å².